The first-order chi connectivity index (χ1) is 27.7. The van der Waals surface area contributed by atoms with Crippen LogP contribution in [-0.2, 0) is 20.0 Å². The number of carbonyl (C=O) groups is 4. The maximum absolute atomic E-state index is 12.6. The lowest BCUT2D eigenvalue weighted by atomic mass is 10.1. The van der Waals surface area contributed by atoms with Gasteiger partial charge < -0.3 is 26.8 Å². The molecule has 6 rings (SSSR count). The van der Waals surface area contributed by atoms with Gasteiger partial charge in [-0.1, -0.05) is 58.5 Å². The summed E-state index contributed by atoms with van der Waals surface area (Å²) in [7, 11) is -6.21. The molecule has 0 radical (unpaired) electrons. The minimum Gasteiger partial charge on any atom is -0.476 e. The summed E-state index contributed by atoms with van der Waals surface area (Å²) in [5.74, 6) is -2.88. The molecule has 0 aliphatic carbocycles. The van der Waals surface area contributed by atoms with Gasteiger partial charge in [0.25, 0.3) is 17.7 Å². The predicted octanol–water partition coefficient (Wildman–Crippen LogP) is 4.16. The molecule has 59 heavy (non-hydrogen) atoms. The average Bonchev–Trinajstić information content (AvgIpc) is 3.82. The van der Waals surface area contributed by atoms with E-state index in [1.54, 1.807) is 12.1 Å². The molecular weight excluding hydrogens is 898 g/mol. The molecule has 0 unspecified atom stereocenters. The smallest absolute Gasteiger partial charge is 0.356 e. The van der Waals surface area contributed by atoms with Crippen LogP contribution in [0.2, 0.25) is 20.1 Å². The Morgan fingerprint density at radius 1 is 0.678 bits per heavy atom. The number of aromatic amines is 2. The normalized spacial score (nSPS) is 15.5. The lowest BCUT2D eigenvalue weighted by molar-refractivity contribution is 0.0691. The van der Waals surface area contributed by atoms with E-state index in [4.69, 9.17) is 57.2 Å². The molecule has 2 aromatic heterocycles. The predicted molar refractivity (Wildman–Crippen MR) is 223 cm³/mol. The van der Waals surface area contributed by atoms with E-state index in [1.807, 2.05) is 0 Å². The van der Waals surface area contributed by atoms with Crippen LogP contribution in [0.4, 0.5) is 11.4 Å². The van der Waals surface area contributed by atoms with Crippen LogP contribution in [0.3, 0.4) is 0 Å². The molecule has 8 N–H and O–H groups in total. The fraction of sp³-hybridized carbons (Fsp3) is 0.353. The van der Waals surface area contributed by atoms with Crippen LogP contribution in [0, 0.1) is 0 Å². The van der Waals surface area contributed by atoms with Gasteiger partial charge in [-0.15, -0.1) is 0 Å². The number of carboxylic acid groups (broad SMARTS) is 1. The maximum Gasteiger partial charge on any atom is 0.356 e. The molecular formula is C34H40Cl4N10O9S2. The standard InChI is InChI=1S/C17H19Cl2N5O4S.C11H7Cl2N3O3.C6H14N2O2S/c1-29(27,28)24-7-5-10(6-8-24)21-17(26)15-13(9-20-23-15)22-16(25)14-11(18)3-2-4-12(14)19;12-5-2-1-3-6(13)8(5)10(17)15-7-4-14-16-9(7)11(18)19;1-11(9,10)8-4-2-6(7)3-5-8/h2-4,9-10H,5-8H2,1H3,(H,20,23)(H,21,26)(H,22,25);1-4H,(H,14,16)(H,15,17)(H,18,19);6H,2-5,7H2,1H3. The van der Waals surface area contributed by atoms with Gasteiger partial charge in [-0.05, 0) is 49.9 Å². The molecule has 0 bridgehead atoms. The molecule has 0 atom stereocenters. The molecule has 2 aliphatic rings. The van der Waals surface area contributed by atoms with Crippen molar-refractivity contribution in [3.05, 3.63) is 91.4 Å². The summed E-state index contributed by atoms with van der Waals surface area (Å²) in [6.45, 7) is 1.84. The Morgan fingerprint density at radius 3 is 1.44 bits per heavy atom. The van der Waals surface area contributed by atoms with Crippen molar-refractivity contribution in [1.82, 2.24) is 34.3 Å². The number of hydrogen-bond acceptors (Lipinski definition) is 11. The molecule has 0 saturated carbocycles. The third-order valence-corrected chi connectivity index (χ3v) is 12.7. The molecule has 2 aliphatic heterocycles. The van der Waals surface area contributed by atoms with Crippen LogP contribution in [0.1, 0.15) is 67.4 Å². The van der Waals surface area contributed by atoms with E-state index in [1.165, 1.54) is 51.5 Å². The maximum atomic E-state index is 12.6. The number of benzene rings is 2. The molecule has 3 amide bonds. The van der Waals surface area contributed by atoms with Gasteiger partial charge in [0.05, 0.1) is 67.5 Å². The van der Waals surface area contributed by atoms with E-state index in [-0.39, 0.29) is 66.1 Å². The molecule has 2 aromatic carbocycles. The number of amides is 3. The zero-order valence-electron chi connectivity index (χ0n) is 31.3. The monoisotopic (exact) mass is 936 g/mol. The summed E-state index contributed by atoms with van der Waals surface area (Å²) < 4.78 is 48.0. The highest BCUT2D eigenvalue weighted by molar-refractivity contribution is 7.88. The number of anilines is 2. The number of sulfonamides is 2. The van der Waals surface area contributed by atoms with Gasteiger partial charge in [-0.25, -0.2) is 30.2 Å². The number of nitrogens with one attached hydrogen (secondary N) is 5. The Balaban J connectivity index is 0.000000219. The van der Waals surface area contributed by atoms with E-state index in [0.29, 0.717) is 39.0 Å². The van der Waals surface area contributed by atoms with Crippen molar-refractivity contribution in [2.75, 3.05) is 49.3 Å². The Hall–Kier alpha value is -4.32. The molecule has 4 heterocycles. The second-order valence-electron chi connectivity index (χ2n) is 13.1. The van der Waals surface area contributed by atoms with Crippen LogP contribution in [-0.4, -0.2) is 125 Å². The minimum absolute atomic E-state index is 0.0356. The minimum atomic E-state index is -3.24. The molecule has 25 heteroatoms. The number of nitrogens with zero attached hydrogens (tertiary/aromatic N) is 4. The number of aromatic nitrogens is 4. The molecule has 0 spiro atoms. The first-order valence-corrected chi connectivity index (χ1v) is 22.7. The van der Waals surface area contributed by atoms with Crippen molar-refractivity contribution < 1.29 is 41.1 Å². The molecule has 19 nitrogen and oxygen atoms in total. The van der Waals surface area contributed by atoms with Crippen molar-refractivity contribution >= 4 is 102 Å². The van der Waals surface area contributed by atoms with Crippen molar-refractivity contribution in [3.63, 3.8) is 0 Å². The first-order valence-electron chi connectivity index (χ1n) is 17.4. The van der Waals surface area contributed by atoms with Crippen LogP contribution in [0.5, 0.6) is 0 Å². The van der Waals surface area contributed by atoms with E-state index in [0.717, 1.165) is 19.1 Å². The van der Waals surface area contributed by atoms with E-state index >= 15 is 0 Å². The van der Waals surface area contributed by atoms with Crippen LogP contribution in [0.15, 0.2) is 48.8 Å². The summed E-state index contributed by atoms with van der Waals surface area (Å²) in [5, 5.41) is 29.6. The summed E-state index contributed by atoms with van der Waals surface area (Å²) in [5.41, 5.74) is 5.85. The zero-order chi connectivity index (χ0) is 43.7. The average molecular weight is 939 g/mol. The quantitative estimate of drug-likeness (QED) is 0.125. The van der Waals surface area contributed by atoms with Gasteiger partial charge >= 0.3 is 5.97 Å². The second kappa shape index (κ2) is 20.8. The summed E-state index contributed by atoms with van der Waals surface area (Å²) >= 11 is 23.9. The van der Waals surface area contributed by atoms with Gasteiger partial charge in [0, 0.05) is 38.3 Å². The second-order valence-corrected chi connectivity index (χ2v) is 18.7. The summed E-state index contributed by atoms with van der Waals surface area (Å²) in [6.07, 6.45) is 7.45. The summed E-state index contributed by atoms with van der Waals surface area (Å²) in [6, 6.07) is 9.31. The third kappa shape index (κ3) is 13.3. The lowest BCUT2D eigenvalue weighted by Crippen LogP contribution is -2.46. The highest BCUT2D eigenvalue weighted by atomic mass is 35.5. The first kappa shape index (κ1) is 47.4. The Labute approximate surface area is 359 Å². The third-order valence-electron chi connectivity index (χ3n) is 8.82. The Kier molecular flexibility index (Phi) is 16.7. The van der Waals surface area contributed by atoms with Gasteiger partial charge in [-0.3, -0.25) is 24.6 Å². The topological polar surface area (TPSA) is 283 Å². The number of rotatable bonds is 9. The van der Waals surface area contributed by atoms with Gasteiger partial charge in [-0.2, -0.15) is 10.2 Å². The van der Waals surface area contributed by atoms with Gasteiger partial charge in [0.15, 0.2) is 5.69 Å². The van der Waals surface area contributed by atoms with Crippen molar-refractivity contribution in [3.8, 4) is 0 Å². The molecule has 2 fully saturated rings. The van der Waals surface area contributed by atoms with E-state index < -0.39 is 43.7 Å². The highest BCUT2D eigenvalue weighted by Crippen LogP contribution is 2.27. The number of carbonyl (C=O) groups excluding carboxylic acids is 3. The number of hydrogen-bond donors (Lipinski definition) is 7. The molecule has 4 aromatic rings. The number of H-pyrrole nitrogens is 2. The van der Waals surface area contributed by atoms with Crippen molar-refractivity contribution in [1.29, 1.82) is 0 Å². The van der Waals surface area contributed by atoms with Crippen LogP contribution >= 0.6 is 46.4 Å². The number of piperidine rings is 2. The fourth-order valence-corrected chi connectivity index (χ4v) is 8.58. The zero-order valence-corrected chi connectivity index (χ0v) is 36.0. The van der Waals surface area contributed by atoms with Gasteiger partial charge in [0.1, 0.15) is 5.69 Å². The van der Waals surface area contributed by atoms with Crippen molar-refractivity contribution in [2.24, 2.45) is 5.73 Å². The Morgan fingerprint density at radius 2 is 1.05 bits per heavy atom. The Bertz CT molecular complexity index is 2340. The number of aromatic carboxylic acids is 1. The lowest BCUT2D eigenvalue weighted by Gasteiger charge is -2.30. The van der Waals surface area contributed by atoms with Crippen LogP contribution in [0.25, 0.3) is 0 Å². The van der Waals surface area contributed by atoms with Crippen molar-refractivity contribution in [2.45, 2.75) is 37.8 Å². The number of halogens is 4. The highest BCUT2D eigenvalue weighted by Gasteiger charge is 2.28. The largest absolute Gasteiger partial charge is 0.476 e. The van der Waals surface area contributed by atoms with Crippen LogP contribution < -0.4 is 21.7 Å². The van der Waals surface area contributed by atoms with E-state index in [9.17, 15) is 36.0 Å². The van der Waals surface area contributed by atoms with Gasteiger partial charge in [0.2, 0.25) is 20.0 Å². The van der Waals surface area contributed by atoms with E-state index in [2.05, 4.69) is 36.3 Å². The summed E-state index contributed by atoms with van der Waals surface area (Å²) in [4.78, 5) is 48.0. The number of nitrogens with two attached hydrogens (primary N) is 1. The number of carboxylic acids is 1. The fourth-order valence-electron chi connectivity index (χ4n) is 5.69. The SMILES string of the molecule is CS(=O)(=O)N1CCC(N)CC1.CS(=O)(=O)N1CCC(NC(=O)c2[nH]ncc2NC(=O)c2c(Cl)cccc2Cl)CC1.O=C(O)c1[nH]ncc1NC(=O)c1c(Cl)cccc1Cl. The molecule has 320 valence electrons. The molecule has 2 saturated heterocycles.